The minimum atomic E-state index is 0.531. The summed E-state index contributed by atoms with van der Waals surface area (Å²) in [4.78, 5) is 5.26. The van der Waals surface area contributed by atoms with Gasteiger partial charge < -0.3 is 4.74 Å². The maximum absolute atomic E-state index is 5.73. The van der Waals surface area contributed by atoms with E-state index in [9.17, 15) is 0 Å². The Morgan fingerprint density at radius 2 is 1.94 bits per heavy atom. The van der Waals surface area contributed by atoms with Crippen LogP contribution in [0, 0.1) is 0 Å². The molecule has 1 heterocycles. The molecule has 0 unspecified atom stereocenters. The van der Waals surface area contributed by atoms with Gasteiger partial charge in [0, 0.05) is 16.8 Å². The van der Waals surface area contributed by atoms with Gasteiger partial charge in [-0.05, 0) is 35.9 Å². The van der Waals surface area contributed by atoms with Crippen LogP contribution in [0.1, 0.15) is 5.56 Å². The van der Waals surface area contributed by atoms with Crippen LogP contribution in [-0.4, -0.2) is 12.1 Å². The van der Waals surface area contributed by atoms with Crippen LogP contribution in [0.5, 0.6) is 5.75 Å². The van der Waals surface area contributed by atoms with Crippen molar-refractivity contribution in [1.29, 1.82) is 0 Å². The summed E-state index contributed by atoms with van der Waals surface area (Å²) in [5, 5.41) is 0.531. The molecule has 0 N–H and O–H groups in total. The van der Waals surface area contributed by atoms with Gasteiger partial charge in [-0.3, -0.25) is 0 Å². The predicted molar refractivity (Wildman–Crippen MR) is 71.8 cm³/mol. The second-order valence-electron chi connectivity index (χ2n) is 3.45. The maximum Gasteiger partial charge on any atom is 0.129 e. The van der Waals surface area contributed by atoms with E-state index in [1.54, 1.807) is 25.1 Å². The van der Waals surface area contributed by atoms with Crippen molar-refractivity contribution in [2.45, 2.75) is 10.6 Å². The molecule has 0 aliphatic rings. The van der Waals surface area contributed by atoms with Crippen LogP contribution in [0.3, 0.4) is 0 Å². The van der Waals surface area contributed by atoms with Crippen molar-refractivity contribution in [3.05, 3.63) is 53.3 Å². The summed E-state index contributed by atoms with van der Waals surface area (Å²) in [5.74, 6) is 1.76. The molecule has 0 bridgehead atoms. The summed E-state index contributed by atoms with van der Waals surface area (Å²) in [5.41, 5.74) is 1.16. The molecule has 0 saturated heterocycles. The quantitative estimate of drug-likeness (QED) is 0.615. The fraction of sp³-hybridized carbons (Fsp3) is 0.154. The molecule has 0 fully saturated rings. The molecule has 4 heteroatoms. The Hall–Kier alpha value is -1.19. The molecule has 2 nitrogen and oxygen atoms in total. The number of aromatic nitrogens is 1. The first-order valence-corrected chi connectivity index (χ1v) is 6.51. The maximum atomic E-state index is 5.73. The highest BCUT2D eigenvalue weighted by atomic mass is 35.5. The lowest BCUT2D eigenvalue weighted by molar-refractivity contribution is 0.414. The number of halogens is 1. The van der Waals surface area contributed by atoms with Crippen molar-refractivity contribution >= 4 is 23.4 Å². The minimum Gasteiger partial charge on any atom is -0.497 e. The van der Waals surface area contributed by atoms with E-state index in [2.05, 4.69) is 4.98 Å². The monoisotopic (exact) mass is 265 g/mol. The summed E-state index contributed by atoms with van der Waals surface area (Å²) in [6, 6.07) is 11.8. The Kier molecular flexibility index (Phi) is 4.29. The Morgan fingerprint density at radius 1 is 1.18 bits per heavy atom. The highest BCUT2D eigenvalue weighted by Gasteiger charge is 1.98. The Labute approximate surface area is 110 Å². The van der Waals surface area contributed by atoms with E-state index in [0.717, 1.165) is 17.1 Å². The first-order valence-electron chi connectivity index (χ1n) is 5.15. The molecule has 2 rings (SSSR count). The fourth-order valence-electron chi connectivity index (χ4n) is 1.33. The van der Waals surface area contributed by atoms with Crippen molar-refractivity contribution in [2.24, 2.45) is 0 Å². The molecule has 17 heavy (non-hydrogen) atoms. The number of rotatable bonds is 4. The number of thioether (sulfide) groups is 1. The Morgan fingerprint density at radius 3 is 2.53 bits per heavy atom. The predicted octanol–water partition coefficient (Wildman–Crippen LogP) is 4.04. The summed E-state index contributed by atoms with van der Waals surface area (Å²) in [6.45, 7) is 0. The number of methoxy groups -OCH3 is 1. The molecular formula is C13H12ClNOS. The number of hydrogen-bond donors (Lipinski definition) is 0. The van der Waals surface area contributed by atoms with Gasteiger partial charge in [0.15, 0.2) is 0 Å². The molecule has 0 saturated carbocycles. The van der Waals surface area contributed by atoms with Crippen LogP contribution in [-0.2, 0) is 5.75 Å². The summed E-state index contributed by atoms with van der Waals surface area (Å²) in [7, 11) is 1.67. The van der Waals surface area contributed by atoms with E-state index in [0.29, 0.717) is 5.15 Å². The molecule has 88 valence electrons. The topological polar surface area (TPSA) is 22.1 Å². The Balaban J connectivity index is 1.95. The molecule has 0 aliphatic carbocycles. The summed E-state index contributed by atoms with van der Waals surface area (Å²) in [6.07, 6.45) is 1.80. The molecular weight excluding hydrogens is 254 g/mol. The van der Waals surface area contributed by atoms with Gasteiger partial charge in [0.25, 0.3) is 0 Å². The van der Waals surface area contributed by atoms with E-state index in [1.807, 2.05) is 36.4 Å². The normalized spacial score (nSPS) is 10.2. The average Bonchev–Trinajstić information content (AvgIpc) is 2.39. The van der Waals surface area contributed by atoms with Gasteiger partial charge in [-0.25, -0.2) is 4.98 Å². The molecule has 1 aromatic carbocycles. The van der Waals surface area contributed by atoms with Gasteiger partial charge in [0.2, 0.25) is 0 Å². The zero-order valence-electron chi connectivity index (χ0n) is 9.39. The van der Waals surface area contributed by atoms with E-state index in [-0.39, 0.29) is 0 Å². The first-order chi connectivity index (χ1) is 8.28. The van der Waals surface area contributed by atoms with E-state index < -0.39 is 0 Å². The van der Waals surface area contributed by atoms with Gasteiger partial charge in [-0.2, -0.15) is 0 Å². The van der Waals surface area contributed by atoms with E-state index in [4.69, 9.17) is 16.3 Å². The van der Waals surface area contributed by atoms with Crippen molar-refractivity contribution in [2.75, 3.05) is 7.11 Å². The lowest BCUT2D eigenvalue weighted by Gasteiger charge is -2.03. The number of pyridine rings is 1. The van der Waals surface area contributed by atoms with E-state index in [1.165, 1.54) is 4.90 Å². The number of ether oxygens (including phenoxy) is 1. The van der Waals surface area contributed by atoms with Crippen molar-refractivity contribution in [1.82, 2.24) is 4.98 Å². The Bertz CT molecular complexity index is 470. The average molecular weight is 266 g/mol. The van der Waals surface area contributed by atoms with E-state index >= 15 is 0 Å². The lowest BCUT2D eigenvalue weighted by Crippen LogP contribution is -1.84. The SMILES string of the molecule is COc1ccc(SCc2ccc(Cl)nc2)cc1. The smallest absolute Gasteiger partial charge is 0.129 e. The number of nitrogens with zero attached hydrogens (tertiary/aromatic N) is 1. The van der Waals surface area contributed by atoms with Crippen molar-refractivity contribution in [3.8, 4) is 5.75 Å². The molecule has 1 aromatic heterocycles. The van der Waals surface area contributed by atoms with Crippen LogP contribution in [0.15, 0.2) is 47.5 Å². The van der Waals surface area contributed by atoms with Gasteiger partial charge in [0.05, 0.1) is 7.11 Å². The van der Waals surface area contributed by atoms with Crippen molar-refractivity contribution in [3.63, 3.8) is 0 Å². The molecule has 0 amide bonds. The number of benzene rings is 1. The van der Waals surface area contributed by atoms with Crippen LogP contribution in [0.2, 0.25) is 5.15 Å². The highest BCUT2D eigenvalue weighted by Crippen LogP contribution is 2.24. The molecule has 0 aliphatic heterocycles. The third-order valence-corrected chi connectivity index (χ3v) is 3.56. The van der Waals surface area contributed by atoms with Crippen LogP contribution in [0.25, 0.3) is 0 Å². The second-order valence-corrected chi connectivity index (χ2v) is 4.89. The standard InChI is InChI=1S/C13H12ClNOS/c1-16-11-3-5-12(6-4-11)17-9-10-2-7-13(14)15-8-10/h2-8H,9H2,1H3. The van der Waals surface area contributed by atoms with Crippen LogP contribution < -0.4 is 4.74 Å². The van der Waals surface area contributed by atoms with Gasteiger partial charge in [0.1, 0.15) is 10.9 Å². The third-order valence-electron chi connectivity index (χ3n) is 2.25. The molecule has 0 atom stereocenters. The van der Waals surface area contributed by atoms with Crippen LogP contribution in [0.4, 0.5) is 0 Å². The molecule has 2 aromatic rings. The van der Waals surface area contributed by atoms with Crippen molar-refractivity contribution < 1.29 is 4.74 Å². The first kappa shape index (κ1) is 12.3. The molecule has 0 spiro atoms. The van der Waals surface area contributed by atoms with Crippen LogP contribution >= 0.6 is 23.4 Å². The van der Waals surface area contributed by atoms with Gasteiger partial charge >= 0.3 is 0 Å². The zero-order valence-corrected chi connectivity index (χ0v) is 11.0. The largest absolute Gasteiger partial charge is 0.497 e. The van der Waals surface area contributed by atoms with Gasteiger partial charge in [-0.1, -0.05) is 17.7 Å². The summed E-state index contributed by atoms with van der Waals surface area (Å²) >= 11 is 7.49. The minimum absolute atomic E-state index is 0.531. The highest BCUT2D eigenvalue weighted by molar-refractivity contribution is 7.98. The summed E-state index contributed by atoms with van der Waals surface area (Å²) < 4.78 is 5.11. The lowest BCUT2D eigenvalue weighted by atomic mass is 10.3. The zero-order chi connectivity index (χ0) is 12.1. The third kappa shape index (κ3) is 3.65. The number of hydrogen-bond acceptors (Lipinski definition) is 3. The van der Waals surface area contributed by atoms with Gasteiger partial charge in [-0.15, -0.1) is 11.8 Å². The molecule has 0 radical (unpaired) electrons. The second kappa shape index (κ2) is 5.94. The fourth-order valence-corrected chi connectivity index (χ4v) is 2.27.